The number of thioether (sulfide) groups is 1. The van der Waals surface area contributed by atoms with Crippen molar-refractivity contribution in [2.45, 2.75) is 44.8 Å². The summed E-state index contributed by atoms with van der Waals surface area (Å²) in [7, 11) is 2.21. The first kappa shape index (κ1) is 15.3. The maximum atomic E-state index is 9.10. The minimum absolute atomic E-state index is 0.286. The van der Waals surface area contributed by atoms with Gasteiger partial charge in [-0.2, -0.15) is 11.8 Å². The summed E-state index contributed by atoms with van der Waals surface area (Å²) in [5.41, 5.74) is 0. The maximum absolute atomic E-state index is 9.10. The minimum Gasteiger partial charge on any atom is -0.396 e. The smallest absolute Gasteiger partial charge is 0.0446 e. The Hall–Kier alpha value is 0.230. The maximum Gasteiger partial charge on any atom is 0.0446 e. The lowest BCUT2D eigenvalue weighted by molar-refractivity contribution is 0.114. The summed E-state index contributed by atoms with van der Waals surface area (Å²) in [6.45, 7) is 6.09. The number of hydrogen-bond acceptors (Lipinski definition) is 4. The van der Waals surface area contributed by atoms with E-state index in [0.717, 1.165) is 12.2 Å². The van der Waals surface area contributed by atoms with Gasteiger partial charge >= 0.3 is 0 Å². The van der Waals surface area contributed by atoms with Crippen molar-refractivity contribution < 1.29 is 5.11 Å². The van der Waals surface area contributed by atoms with Crippen LogP contribution in [0.4, 0.5) is 0 Å². The van der Waals surface area contributed by atoms with E-state index in [0.29, 0.717) is 24.0 Å². The lowest BCUT2D eigenvalue weighted by Crippen LogP contribution is -2.53. The molecule has 0 aromatic heterocycles. The normalized spacial score (nSPS) is 32.6. The molecule has 1 fully saturated rings. The van der Waals surface area contributed by atoms with Crippen LogP contribution in [0.3, 0.4) is 0 Å². The second kappa shape index (κ2) is 7.62. The topological polar surface area (TPSA) is 35.5 Å². The van der Waals surface area contributed by atoms with Gasteiger partial charge in [-0.05, 0) is 39.0 Å². The number of nitrogens with one attached hydrogen (secondary N) is 1. The molecule has 1 saturated heterocycles. The molecule has 0 radical (unpaired) electrons. The van der Waals surface area contributed by atoms with E-state index in [-0.39, 0.29) is 6.61 Å². The largest absolute Gasteiger partial charge is 0.396 e. The molecular weight excluding hydrogens is 232 g/mol. The molecule has 4 atom stereocenters. The van der Waals surface area contributed by atoms with Gasteiger partial charge in [0, 0.05) is 37.0 Å². The van der Waals surface area contributed by atoms with Gasteiger partial charge in [-0.25, -0.2) is 0 Å². The van der Waals surface area contributed by atoms with Crippen LogP contribution in [0.1, 0.15) is 26.7 Å². The monoisotopic (exact) mass is 260 g/mol. The summed E-state index contributed by atoms with van der Waals surface area (Å²) >= 11 is 1.86. The molecule has 0 saturated carbocycles. The third kappa shape index (κ3) is 4.78. The minimum atomic E-state index is 0.286. The summed E-state index contributed by atoms with van der Waals surface area (Å²) in [6, 6.07) is 1.72. The summed E-state index contributed by atoms with van der Waals surface area (Å²) in [5, 5.41) is 12.8. The second-order valence-corrected chi connectivity index (χ2v) is 6.35. The molecule has 0 aromatic rings. The summed E-state index contributed by atoms with van der Waals surface area (Å²) in [5.74, 6) is 1.79. The van der Waals surface area contributed by atoms with E-state index in [4.69, 9.17) is 5.11 Å². The molecule has 4 heteroatoms. The molecule has 17 heavy (non-hydrogen) atoms. The third-order valence-corrected chi connectivity index (χ3v) is 4.64. The lowest BCUT2D eigenvalue weighted by atomic mass is 9.89. The van der Waals surface area contributed by atoms with E-state index in [1.54, 1.807) is 0 Å². The fourth-order valence-electron chi connectivity index (χ4n) is 2.65. The van der Waals surface area contributed by atoms with Crippen molar-refractivity contribution in [3.63, 3.8) is 0 Å². The summed E-state index contributed by atoms with van der Waals surface area (Å²) < 4.78 is 0. The first-order valence-corrected chi connectivity index (χ1v) is 8.04. The van der Waals surface area contributed by atoms with Crippen LogP contribution in [-0.2, 0) is 0 Å². The van der Waals surface area contributed by atoms with E-state index in [1.165, 1.54) is 13.0 Å². The number of rotatable bonds is 6. The second-order valence-electron chi connectivity index (χ2n) is 5.44. The van der Waals surface area contributed by atoms with Crippen molar-refractivity contribution in [1.82, 2.24) is 10.2 Å². The molecule has 0 amide bonds. The average Bonchev–Trinajstić information content (AvgIpc) is 2.26. The molecule has 4 unspecified atom stereocenters. The highest BCUT2D eigenvalue weighted by molar-refractivity contribution is 7.98. The highest BCUT2D eigenvalue weighted by Crippen LogP contribution is 2.21. The Bertz CT molecular complexity index is 210. The number of hydrogen-bond donors (Lipinski definition) is 2. The molecule has 1 rings (SSSR count). The lowest BCUT2D eigenvalue weighted by Gasteiger charge is -2.41. The zero-order chi connectivity index (χ0) is 12.8. The van der Waals surface area contributed by atoms with E-state index in [2.05, 4.69) is 37.4 Å². The van der Waals surface area contributed by atoms with Crippen LogP contribution < -0.4 is 5.32 Å². The number of aliphatic hydroxyl groups excluding tert-OH is 1. The zero-order valence-electron chi connectivity index (χ0n) is 11.6. The quantitative estimate of drug-likeness (QED) is 0.757. The van der Waals surface area contributed by atoms with Gasteiger partial charge in [0.2, 0.25) is 0 Å². The molecule has 2 N–H and O–H groups in total. The van der Waals surface area contributed by atoms with Crippen molar-refractivity contribution in [3.8, 4) is 0 Å². The molecule has 102 valence electrons. The van der Waals surface area contributed by atoms with Crippen molar-refractivity contribution in [2.75, 3.05) is 32.2 Å². The van der Waals surface area contributed by atoms with Gasteiger partial charge in [0.25, 0.3) is 0 Å². The summed E-state index contributed by atoms with van der Waals surface area (Å²) in [6.07, 6.45) is 4.22. The van der Waals surface area contributed by atoms with Crippen LogP contribution in [0.5, 0.6) is 0 Å². The molecule has 0 spiro atoms. The highest BCUT2D eigenvalue weighted by atomic mass is 32.2. The van der Waals surface area contributed by atoms with Gasteiger partial charge in [0.15, 0.2) is 0 Å². The van der Waals surface area contributed by atoms with Gasteiger partial charge in [-0.1, -0.05) is 6.92 Å². The molecular formula is C13H28N2OS. The molecule has 0 bridgehead atoms. The molecule has 0 aliphatic carbocycles. The van der Waals surface area contributed by atoms with Gasteiger partial charge in [0.1, 0.15) is 0 Å². The van der Waals surface area contributed by atoms with Crippen molar-refractivity contribution in [2.24, 2.45) is 5.92 Å². The Kier molecular flexibility index (Phi) is 6.85. The van der Waals surface area contributed by atoms with Crippen molar-refractivity contribution in [1.29, 1.82) is 0 Å². The molecule has 3 nitrogen and oxygen atoms in total. The van der Waals surface area contributed by atoms with E-state index >= 15 is 0 Å². The number of piperidine rings is 1. The Labute approximate surface area is 110 Å². The van der Waals surface area contributed by atoms with Crippen LogP contribution >= 0.6 is 11.8 Å². The Balaban J connectivity index is 2.47. The highest BCUT2D eigenvalue weighted by Gasteiger charge is 2.29. The van der Waals surface area contributed by atoms with Gasteiger partial charge in [-0.3, -0.25) is 0 Å². The Morgan fingerprint density at radius 1 is 1.47 bits per heavy atom. The fraction of sp³-hybridized carbons (Fsp3) is 1.00. The van der Waals surface area contributed by atoms with Crippen LogP contribution in [-0.4, -0.2) is 60.3 Å². The molecule has 0 aromatic carbocycles. The van der Waals surface area contributed by atoms with Gasteiger partial charge in [-0.15, -0.1) is 0 Å². The predicted molar refractivity (Wildman–Crippen MR) is 76.7 cm³/mol. The van der Waals surface area contributed by atoms with Crippen LogP contribution in [0.2, 0.25) is 0 Å². The van der Waals surface area contributed by atoms with Gasteiger partial charge in [0.05, 0.1) is 0 Å². The molecule has 1 aliphatic heterocycles. The van der Waals surface area contributed by atoms with Crippen LogP contribution in [0, 0.1) is 5.92 Å². The number of likely N-dealkylation sites (tertiary alicyclic amines) is 1. The fourth-order valence-corrected chi connectivity index (χ4v) is 3.31. The standard InChI is InChI=1S/C13H28N2OS/c1-10-8-15(3)11(2)7-13(10)14-12(5-6-16)9-17-4/h10-14,16H,5-9H2,1-4H3. The van der Waals surface area contributed by atoms with Gasteiger partial charge < -0.3 is 15.3 Å². The van der Waals surface area contributed by atoms with Crippen LogP contribution in [0.15, 0.2) is 0 Å². The predicted octanol–water partition coefficient (Wildman–Crippen LogP) is 1.42. The van der Waals surface area contributed by atoms with E-state index in [1.807, 2.05) is 11.8 Å². The van der Waals surface area contributed by atoms with Crippen molar-refractivity contribution in [3.05, 3.63) is 0 Å². The average molecular weight is 260 g/mol. The Morgan fingerprint density at radius 3 is 2.76 bits per heavy atom. The van der Waals surface area contributed by atoms with E-state index < -0.39 is 0 Å². The first-order valence-electron chi connectivity index (χ1n) is 6.64. The van der Waals surface area contributed by atoms with Crippen LogP contribution in [0.25, 0.3) is 0 Å². The summed E-state index contributed by atoms with van der Waals surface area (Å²) in [4.78, 5) is 2.44. The van der Waals surface area contributed by atoms with Crippen molar-refractivity contribution >= 4 is 11.8 Å². The number of nitrogens with zero attached hydrogens (tertiary/aromatic N) is 1. The Morgan fingerprint density at radius 2 is 2.18 bits per heavy atom. The SMILES string of the molecule is CSCC(CCO)NC1CC(C)N(C)CC1C. The third-order valence-electron chi connectivity index (χ3n) is 3.91. The number of aliphatic hydroxyl groups is 1. The first-order chi connectivity index (χ1) is 8.08. The molecule has 1 aliphatic rings. The van der Waals surface area contributed by atoms with E-state index in [9.17, 15) is 0 Å². The molecule has 1 heterocycles. The zero-order valence-corrected chi connectivity index (χ0v) is 12.5.